The van der Waals surface area contributed by atoms with Gasteiger partial charge in [0.1, 0.15) is 18.2 Å². The molecule has 0 saturated carbocycles. The molecule has 3 aromatic rings. The molecule has 0 aromatic heterocycles. The van der Waals surface area contributed by atoms with E-state index in [-0.39, 0.29) is 51.1 Å². The third-order valence-electron chi connectivity index (χ3n) is 7.17. The molecule has 1 aliphatic carbocycles. The lowest BCUT2D eigenvalue weighted by Gasteiger charge is -2.28. The second-order valence-electron chi connectivity index (χ2n) is 11.6. The van der Waals surface area contributed by atoms with Crippen LogP contribution in [0.2, 0.25) is 0 Å². The summed E-state index contributed by atoms with van der Waals surface area (Å²) in [5, 5.41) is 15.1. The SMILES string of the molecule is CC(C)(C)OC(=O)NCCC[C@@H](NC(=O)OCC1c2ccccc2-c2ccccc21)C(=O)N(CCO)Cc1ccccc1. The van der Waals surface area contributed by atoms with Crippen LogP contribution in [-0.2, 0) is 20.8 Å². The minimum absolute atomic E-state index is 0.104. The number of alkyl carbamates (subject to hydrolysis) is 2. The zero-order valence-electron chi connectivity index (χ0n) is 25.0. The van der Waals surface area contributed by atoms with Gasteiger partial charge >= 0.3 is 12.2 Å². The predicted octanol–water partition coefficient (Wildman–Crippen LogP) is 5.22. The molecule has 1 atom stereocenters. The van der Waals surface area contributed by atoms with Crippen molar-refractivity contribution in [2.45, 2.75) is 57.7 Å². The number of amides is 3. The van der Waals surface area contributed by atoms with Crippen LogP contribution in [0.3, 0.4) is 0 Å². The first-order chi connectivity index (χ1) is 20.7. The molecule has 0 bridgehead atoms. The van der Waals surface area contributed by atoms with E-state index < -0.39 is 23.8 Å². The topological polar surface area (TPSA) is 117 Å². The van der Waals surface area contributed by atoms with Gasteiger partial charge in [-0.1, -0.05) is 78.9 Å². The number of fused-ring (bicyclic) bond motifs is 3. The molecule has 3 N–H and O–H groups in total. The molecule has 9 nitrogen and oxygen atoms in total. The van der Waals surface area contributed by atoms with Crippen LogP contribution in [0.25, 0.3) is 11.1 Å². The molecule has 9 heteroatoms. The molecule has 3 aromatic carbocycles. The Morgan fingerprint density at radius 1 is 0.884 bits per heavy atom. The number of aliphatic hydroxyl groups is 1. The number of carbonyl (C=O) groups excluding carboxylic acids is 3. The quantitative estimate of drug-likeness (QED) is 0.250. The van der Waals surface area contributed by atoms with Crippen molar-refractivity contribution in [3.63, 3.8) is 0 Å². The fourth-order valence-corrected chi connectivity index (χ4v) is 5.26. The largest absolute Gasteiger partial charge is 0.449 e. The summed E-state index contributed by atoms with van der Waals surface area (Å²) < 4.78 is 11.0. The highest BCUT2D eigenvalue weighted by molar-refractivity contribution is 5.86. The van der Waals surface area contributed by atoms with Gasteiger partial charge in [0, 0.05) is 25.6 Å². The number of nitrogens with zero attached hydrogens (tertiary/aromatic N) is 1. The Morgan fingerprint density at radius 3 is 2.09 bits per heavy atom. The molecule has 0 heterocycles. The second-order valence-corrected chi connectivity index (χ2v) is 11.6. The lowest BCUT2D eigenvalue weighted by molar-refractivity contribution is -0.134. The normalized spacial score (nSPS) is 12.9. The molecular formula is C34H41N3O6. The van der Waals surface area contributed by atoms with Gasteiger partial charge in [0.05, 0.1) is 6.61 Å². The van der Waals surface area contributed by atoms with Crippen LogP contribution < -0.4 is 10.6 Å². The van der Waals surface area contributed by atoms with Gasteiger partial charge in [-0.25, -0.2) is 9.59 Å². The van der Waals surface area contributed by atoms with Crippen molar-refractivity contribution in [1.29, 1.82) is 0 Å². The van der Waals surface area contributed by atoms with E-state index in [9.17, 15) is 19.5 Å². The minimum atomic E-state index is -0.925. The van der Waals surface area contributed by atoms with E-state index in [1.54, 1.807) is 20.8 Å². The van der Waals surface area contributed by atoms with Crippen LogP contribution in [0.15, 0.2) is 78.9 Å². The van der Waals surface area contributed by atoms with Crippen molar-refractivity contribution in [2.24, 2.45) is 0 Å². The number of nitrogens with one attached hydrogen (secondary N) is 2. The summed E-state index contributed by atoms with van der Waals surface area (Å²) in [7, 11) is 0. The molecule has 0 radical (unpaired) electrons. The van der Waals surface area contributed by atoms with E-state index in [0.717, 1.165) is 27.8 Å². The lowest BCUT2D eigenvalue weighted by atomic mass is 9.98. The maximum absolute atomic E-state index is 13.7. The van der Waals surface area contributed by atoms with Gasteiger partial charge in [-0.2, -0.15) is 0 Å². The van der Waals surface area contributed by atoms with Crippen molar-refractivity contribution in [2.75, 3.05) is 26.3 Å². The van der Waals surface area contributed by atoms with Crippen molar-refractivity contribution in [1.82, 2.24) is 15.5 Å². The van der Waals surface area contributed by atoms with Crippen LogP contribution in [-0.4, -0.2) is 66.0 Å². The number of aliphatic hydroxyl groups excluding tert-OH is 1. The Labute approximate surface area is 253 Å². The molecule has 0 spiro atoms. The lowest BCUT2D eigenvalue weighted by Crippen LogP contribution is -2.49. The number of carbonyl (C=O) groups is 3. The molecule has 0 unspecified atom stereocenters. The maximum atomic E-state index is 13.7. The number of benzene rings is 3. The molecular weight excluding hydrogens is 546 g/mol. The Balaban J connectivity index is 1.43. The number of hydrogen-bond donors (Lipinski definition) is 3. The third kappa shape index (κ3) is 8.81. The van der Waals surface area contributed by atoms with Gasteiger partial charge in [0.25, 0.3) is 0 Å². The third-order valence-corrected chi connectivity index (χ3v) is 7.17. The second kappa shape index (κ2) is 14.7. The fourth-order valence-electron chi connectivity index (χ4n) is 5.26. The number of hydrogen-bond acceptors (Lipinski definition) is 6. The van der Waals surface area contributed by atoms with Gasteiger partial charge in [-0.3, -0.25) is 4.79 Å². The van der Waals surface area contributed by atoms with E-state index >= 15 is 0 Å². The molecule has 0 fully saturated rings. The Kier molecular flexibility index (Phi) is 10.8. The van der Waals surface area contributed by atoms with E-state index in [0.29, 0.717) is 6.42 Å². The van der Waals surface area contributed by atoms with E-state index in [2.05, 4.69) is 22.8 Å². The molecule has 0 aliphatic heterocycles. The predicted molar refractivity (Wildman–Crippen MR) is 164 cm³/mol. The summed E-state index contributed by atoms with van der Waals surface area (Å²) in [5.74, 6) is -0.460. The van der Waals surface area contributed by atoms with Gasteiger partial charge in [0.15, 0.2) is 0 Å². The molecule has 3 amide bonds. The summed E-state index contributed by atoms with van der Waals surface area (Å²) in [6.07, 6.45) is -0.609. The number of ether oxygens (including phenoxy) is 2. The van der Waals surface area contributed by atoms with Gasteiger partial charge in [-0.05, 0) is 61.4 Å². The summed E-state index contributed by atoms with van der Waals surface area (Å²) >= 11 is 0. The van der Waals surface area contributed by atoms with Gasteiger partial charge in [0.2, 0.25) is 5.91 Å². The van der Waals surface area contributed by atoms with E-state index in [1.807, 2.05) is 66.7 Å². The molecule has 0 saturated heterocycles. The fraction of sp³-hybridized carbons (Fsp3) is 0.382. The van der Waals surface area contributed by atoms with Crippen LogP contribution >= 0.6 is 0 Å². The van der Waals surface area contributed by atoms with Crippen molar-refractivity contribution < 1.29 is 29.0 Å². The zero-order valence-corrected chi connectivity index (χ0v) is 25.0. The highest BCUT2D eigenvalue weighted by Crippen LogP contribution is 2.44. The monoisotopic (exact) mass is 587 g/mol. The van der Waals surface area contributed by atoms with Crippen molar-refractivity contribution in [3.8, 4) is 11.1 Å². The molecule has 1 aliphatic rings. The smallest absolute Gasteiger partial charge is 0.407 e. The average Bonchev–Trinajstić information content (AvgIpc) is 3.30. The van der Waals surface area contributed by atoms with Gasteiger partial charge in [-0.15, -0.1) is 0 Å². The average molecular weight is 588 g/mol. The minimum Gasteiger partial charge on any atom is -0.449 e. The van der Waals surface area contributed by atoms with E-state index in [4.69, 9.17) is 9.47 Å². The summed E-state index contributed by atoms with van der Waals surface area (Å²) in [4.78, 5) is 40.4. The highest BCUT2D eigenvalue weighted by Gasteiger charge is 2.31. The first kappa shape index (κ1) is 31.6. The van der Waals surface area contributed by atoms with Crippen LogP contribution in [0.5, 0.6) is 0 Å². The summed E-state index contributed by atoms with van der Waals surface area (Å²) in [6, 6.07) is 24.7. The Hall–Kier alpha value is -4.37. The number of rotatable bonds is 12. The highest BCUT2D eigenvalue weighted by atomic mass is 16.6. The van der Waals surface area contributed by atoms with Crippen LogP contribution in [0.4, 0.5) is 9.59 Å². The summed E-state index contributed by atoms with van der Waals surface area (Å²) in [6.45, 7) is 5.86. The van der Waals surface area contributed by atoms with Crippen molar-refractivity contribution in [3.05, 3.63) is 95.6 Å². The maximum Gasteiger partial charge on any atom is 0.407 e. The zero-order chi connectivity index (χ0) is 30.8. The first-order valence-electron chi connectivity index (χ1n) is 14.7. The summed E-state index contributed by atoms with van der Waals surface area (Å²) in [5.41, 5.74) is 4.70. The Morgan fingerprint density at radius 2 is 1.49 bits per heavy atom. The van der Waals surface area contributed by atoms with Crippen LogP contribution in [0.1, 0.15) is 56.2 Å². The molecule has 4 rings (SSSR count). The Bertz CT molecular complexity index is 1340. The molecule has 43 heavy (non-hydrogen) atoms. The van der Waals surface area contributed by atoms with E-state index in [1.165, 1.54) is 4.90 Å². The van der Waals surface area contributed by atoms with Gasteiger partial charge < -0.3 is 30.1 Å². The standard InChI is InChI=1S/C34H41N3O6/c1-34(2,3)43-32(40)35-19-11-18-30(31(39)37(20-21-38)22-24-12-5-4-6-13-24)36-33(41)42-23-29-27-16-9-7-14-25(27)26-15-8-10-17-28(26)29/h4-10,12-17,29-30,38H,11,18-23H2,1-3H3,(H,35,40)(H,36,41)/t30-/m1/s1. The first-order valence-corrected chi connectivity index (χ1v) is 14.7. The molecule has 228 valence electrons. The van der Waals surface area contributed by atoms with Crippen molar-refractivity contribution >= 4 is 18.1 Å². The van der Waals surface area contributed by atoms with Crippen LogP contribution in [0, 0.1) is 0 Å².